The summed E-state index contributed by atoms with van der Waals surface area (Å²) < 4.78 is 0. The third-order valence-electron chi connectivity index (χ3n) is 6.09. The summed E-state index contributed by atoms with van der Waals surface area (Å²) in [6.45, 7) is 5.25. The van der Waals surface area contributed by atoms with Crippen molar-refractivity contribution >= 4 is 40.4 Å². The van der Waals surface area contributed by atoms with Gasteiger partial charge in [0.25, 0.3) is 0 Å². The predicted molar refractivity (Wildman–Crippen MR) is 132 cm³/mol. The molecule has 4 rings (SSSR count). The molecule has 1 fully saturated rings. The first-order chi connectivity index (χ1) is 16.4. The second-order valence-electron chi connectivity index (χ2n) is 8.45. The van der Waals surface area contributed by atoms with Crippen molar-refractivity contribution in [3.05, 3.63) is 59.6 Å². The van der Waals surface area contributed by atoms with E-state index in [1.54, 1.807) is 17.0 Å². The topological polar surface area (TPSA) is 131 Å². The molecule has 0 bridgehead atoms. The Morgan fingerprint density at radius 3 is 2.76 bits per heavy atom. The van der Waals surface area contributed by atoms with Gasteiger partial charge in [0.2, 0.25) is 11.8 Å². The van der Waals surface area contributed by atoms with Crippen LogP contribution in [-0.2, 0) is 16.1 Å². The maximum atomic E-state index is 13.4. The summed E-state index contributed by atoms with van der Waals surface area (Å²) >= 11 is 0. The van der Waals surface area contributed by atoms with Gasteiger partial charge in [-0.25, -0.2) is 15.0 Å². The zero-order valence-electron chi connectivity index (χ0n) is 19.4. The van der Waals surface area contributed by atoms with Crippen LogP contribution in [0.4, 0.5) is 11.6 Å². The summed E-state index contributed by atoms with van der Waals surface area (Å²) in [5.74, 6) is 0.650. The standard InChI is InChI=1S/C25H29N7O2/c1-3-4-21-25(34)31(14-17-5-8-19-20(13-17)28-15-29-24(19)27)11-12-32(21)23(33)10-7-18-6-9-22(26)30-16(18)2/h5-10,13,15,21H,3-4,11-12,14H2,1-2H3,(H2,26,30)(H2,27,28,29)/t21-/m0/s1. The summed E-state index contributed by atoms with van der Waals surface area (Å²) in [7, 11) is 0. The van der Waals surface area contributed by atoms with Crippen molar-refractivity contribution in [3.8, 4) is 0 Å². The van der Waals surface area contributed by atoms with Gasteiger partial charge in [-0.2, -0.15) is 0 Å². The average molecular weight is 460 g/mol. The van der Waals surface area contributed by atoms with E-state index in [2.05, 4.69) is 15.0 Å². The SMILES string of the molecule is CCC[C@H]1C(=O)N(Cc2ccc3c(N)ncnc3c2)CCN1C(=O)C=Cc1ccc(N)nc1C. The van der Waals surface area contributed by atoms with E-state index in [9.17, 15) is 9.59 Å². The van der Waals surface area contributed by atoms with E-state index in [4.69, 9.17) is 11.5 Å². The molecule has 0 unspecified atom stereocenters. The lowest BCUT2D eigenvalue weighted by molar-refractivity contribution is -0.150. The number of nitrogens with zero attached hydrogens (tertiary/aromatic N) is 5. The largest absolute Gasteiger partial charge is 0.384 e. The minimum absolute atomic E-state index is 0.0394. The monoisotopic (exact) mass is 459 g/mol. The molecule has 1 aliphatic heterocycles. The Labute approximate surface area is 198 Å². The summed E-state index contributed by atoms with van der Waals surface area (Å²) in [5, 5.41) is 0.787. The maximum Gasteiger partial charge on any atom is 0.247 e. The van der Waals surface area contributed by atoms with E-state index in [0.29, 0.717) is 37.7 Å². The molecule has 9 nitrogen and oxygen atoms in total. The number of nitrogens with two attached hydrogens (primary N) is 2. The number of benzene rings is 1. The van der Waals surface area contributed by atoms with Crippen molar-refractivity contribution in [2.24, 2.45) is 0 Å². The van der Waals surface area contributed by atoms with E-state index >= 15 is 0 Å². The minimum atomic E-state index is -0.486. The predicted octanol–water partition coefficient (Wildman–Crippen LogP) is 2.55. The Kier molecular flexibility index (Phi) is 6.72. The number of anilines is 2. The highest BCUT2D eigenvalue weighted by Gasteiger charge is 2.36. The third kappa shape index (κ3) is 4.83. The first kappa shape index (κ1) is 23.2. The van der Waals surface area contributed by atoms with Crippen molar-refractivity contribution in [1.29, 1.82) is 0 Å². The van der Waals surface area contributed by atoms with E-state index in [0.717, 1.165) is 34.1 Å². The van der Waals surface area contributed by atoms with Crippen LogP contribution in [0.25, 0.3) is 17.0 Å². The molecule has 0 radical (unpaired) electrons. The van der Waals surface area contributed by atoms with Crippen molar-refractivity contribution in [2.75, 3.05) is 24.6 Å². The number of aryl methyl sites for hydroxylation is 1. The molecule has 34 heavy (non-hydrogen) atoms. The molecular weight excluding hydrogens is 430 g/mol. The Morgan fingerprint density at radius 2 is 2.00 bits per heavy atom. The number of pyridine rings is 1. The highest BCUT2D eigenvalue weighted by atomic mass is 16.2. The van der Waals surface area contributed by atoms with Gasteiger partial charge in [-0.15, -0.1) is 0 Å². The van der Waals surface area contributed by atoms with Gasteiger partial charge in [0.1, 0.15) is 24.0 Å². The molecule has 1 aromatic carbocycles. The molecule has 9 heteroatoms. The summed E-state index contributed by atoms with van der Waals surface area (Å²) in [5.41, 5.74) is 14.9. The number of piperazine rings is 1. The molecule has 0 aliphatic carbocycles. The van der Waals surface area contributed by atoms with E-state index < -0.39 is 6.04 Å². The van der Waals surface area contributed by atoms with Gasteiger partial charge in [0.05, 0.1) is 5.52 Å². The van der Waals surface area contributed by atoms with E-state index in [1.807, 2.05) is 43.0 Å². The first-order valence-electron chi connectivity index (χ1n) is 11.4. The molecule has 3 heterocycles. The van der Waals surface area contributed by atoms with Crippen LogP contribution in [-0.4, -0.2) is 55.7 Å². The fourth-order valence-corrected chi connectivity index (χ4v) is 4.28. The number of aromatic nitrogens is 3. The van der Waals surface area contributed by atoms with Crippen LogP contribution in [0.2, 0.25) is 0 Å². The third-order valence-corrected chi connectivity index (χ3v) is 6.09. The summed E-state index contributed by atoms with van der Waals surface area (Å²) in [6.07, 6.45) is 6.08. The lowest BCUT2D eigenvalue weighted by Gasteiger charge is -2.40. The lowest BCUT2D eigenvalue weighted by atomic mass is 10.0. The Bertz CT molecular complexity index is 1260. The molecule has 1 aliphatic rings. The van der Waals surface area contributed by atoms with Crippen LogP contribution >= 0.6 is 0 Å². The Hall–Kier alpha value is -4.01. The highest BCUT2D eigenvalue weighted by molar-refractivity contribution is 5.96. The number of rotatable bonds is 6. The van der Waals surface area contributed by atoms with Gasteiger partial charge in [-0.05, 0) is 54.8 Å². The fourth-order valence-electron chi connectivity index (χ4n) is 4.28. The van der Waals surface area contributed by atoms with Gasteiger partial charge in [-0.1, -0.05) is 19.4 Å². The van der Waals surface area contributed by atoms with E-state index in [1.165, 1.54) is 12.4 Å². The number of carbonyl (C=O) groups excluding carboxylic acids is 2. The quantitative estimate of drug-likeness (QED) is 0.542. The Morgan fingerprint density at radius 1 is 1.18 bits per heavy atom. The molecule has 176 valence electrons. The van der Waals surface area contributed by atoms with Crippen molar-refractivity contribution in [1.82, 2.24) is 24.8 Å². The second kappa shape index (κ2) is 9.86. The van der Waals surface area contributed by atoms with Gasteiger partial charge >= 0.3 is 0 Å². The van der Waals surface area contributed by atoms with Crippen molar-refractivity contribution in [2.45, 2.75) is 39.3 Å². The van der Waals surface area contributed by atoms with Crippen LogP contribution in [0.1, 0.15) is 36.6 Å². The number of nitrogen functional groups attached to an aromatic ring is 2. The van der Waals surface area contributed by atoms with Crippen LogP contribution in [0, 0.1) is 6.92 Å². The molecule has 3 aromatic rings. The smallest absolute Gasteiger partial charge is 0.247 e. The van der Waals surface area contributed by atoms with Crippen LogP contribution in [0.15, 0.2) is 42.7 Å². The number of carbonyl (C=O) groups is 2. The van der Waals surface area contributed by atoms with Gasteiger partial charge in [0, 0.05) is 36.8 Å². The first-order valence-corrected chi connectivity index (χ1v) is 11.4. The molecule has 0 saturated carbocycles. The zero-order valence-corrected chi connectivity index (χ0v) is 19.4. The summed E-state index contributed by atoms with van der Waals surface area (Å²) in [6, 6.07) is 8.79. The maximum absolute atomic E-state index is 13.4. The van der Waals surface area contributed by atoms with E-state index in [-0.39, 0.29) is 11.8 Å². The number of fused-ring (bicyclic) bond motifs is 1. The van der Waals surface area contributed by atoms with Crippen LogP contribution < -0.4 is 11.5 Å². The normalized spacial score (nSPS) is 16.5. The molecule has 2 amide bonds. The minimum Gasteiger partial charge on any atom is -0.384 e. The molecule has 4 N–H and O–H groups in total. The number of hydrogen-bond donors (Lipinski definition) is 2. The van der Waals surface area contributed by atoms with Crippen LogP contribution in [0.5, 0.6) is 0 Å². The Balaban J connectivity index is 1.49. The molecule has 2 aromatic heterocycles. The summed E-state index contributed by atoms with van der Waals surface area (Å²) in [4.78, 5) is 42.4. The second-order valence-corrected chi connectivity index (χ2v) is 8.45. The molecule has 1 atom stereocenters. The zero-order chi connectivity index (χ0) is 24.2. The lowest BCUT2D eigenvalue weighted by Crippen LogP contribution is -2.58. The molecule has 0 spiro atoms. The van der Waals surface area contributed by atoms with Gasteiger partial charge in [0.15, 0.2) is 0 Å². The van der Waals surface area contributed by atoms with Gasteiger partial charge in [-0.3, -0.25) is 9.59 Å². The fraction of sp³-hybridized carbons (Fsp3) is 0.320. The highest BCUT2D eigenvalue weighted by Crippen LogP contribution is 2.22. The molecular formula is C25H29N7O2. The van der Waals surface area contributed by atoms with Crippen molar-refractivity contribution < 1.29 is 9.59 Å². The van der Waals surface area contributed by atoms with Crippen molar-refractivity contribution in [3.63, 3.8) is 0 Å². The number of hydrogen-bond acceptors (Lipinski definition) is 7. The molecule has 1 saturated heterocycles. The van der Waals surface area contributed by atoms with Crippen LogP contribution in [0.3, 0.4) is 0 Å². The van der Waals surface area contributed by atoms with Gasteiger partial charge < -0.3 is 21.3 Å². The average Bonchev–Trinajstić information content (AvgIpc) is 2.81. The number of amides is 2.